The van der Waals surface area contributed by atoms with Crippen LogP contribution in [0.1, 0.15) is 24.1 Å². The minimum absolute atomic E-state index is 0.190. The number of carbonyl (C=O) groups is 1. The number of likely N-dealkylation sites (tertiary alicyclic amines) is 1. The normalized spacial score (nSPS) is 20.6. The van der Waals surface area contributed by atoms with E-state index in [2.05, 4.69) is 10.3 Å². The summed E-state index contributed by atoms with van der Waals surface area (Å²) in [7, 11) is 0.949. The molecule has 2 amide bonds. The molecule has 2 aliphatic rings. The molecule has 4 heterocycles. The maximum Gasteiger partial charge on any atom is 0.441 e. The number of nitrogens with one attached hydrogen (secondary N) is 1. The second-order valence-electron chi connectivity index (χ2n) is 9.94. The second-order valence-corrected chi connectivity index (χ2v) is 9.94. The van der Waals surface area contributed by atoms with Gasteiger partial charge in [-0.3, -0.25) is 15.0 Å². The van der Waals surface area contributed by atoms with Gasteiger partial charge in [0.1, 0.15) is 0 Å². The number of aryl methyl sites for hydroxylation is 1. The first kappa shape index (κ1) is 24.4. The predicted molar refractivity (Wildman–Crippen MR) is 135 cm³/mol. The molecule has 38 heavy (non-hydrogen) atoms. The number of hydrogen-bond acceptors (Lipinski definition) is 4. The molecule has 10 heteroatoms. The fraction of sp³-hybridized carbons (Fsp3) is 0.321. The predicted octanol–water partition coefficient (Wildman–Crippen LogP) is 5.22. The van der Waals surface area contributed by atoms with Gasteiger partial charge in [0.2, 0.25) is 0 Å². The number of ether oxygens (including phenoxy) is 1. The monoisotopic (exact) mass is 521 g/mol. The van der Waals surface area contributed by atoms with Gasteiger partial charge in [-0.05, 0) is 31.0 Å². The van der Waals surface area contributed by atoms with E-state index in [0.29, 0.717) is 26.1 Å². The SMILES string of the molecule is CO[C@@](NC(=O)N1CCC2(CCn3nc(-c4cnc5ccccc5c4)cc32)C1)(c1ccccc1)C(F)(F)F. The third-order valence-corrected chi connectivity index (χ3v) is 7.82. The third kappa shape index (κ3) is 3.82. The molecule has 2 aromatic carbocycles. The summed E-state index contributed by atoms with van der Waals surface area (Å²) in [5, 5.41) is 7.97. The third-order valence-electron chi connectivity index (χ3n) is 7.82. The number of urea groups is 1. The van der Waals surface area contributed by atoms with E-state index in [0.717, 1.165) is 41.4 Å². The molecule has 6 rings (SSSR count). The molecule has 1 spiro atoms. The van der Waals surface area contributed by atoms with Gasteiger partial charge in [0.15, 0.2) is 0 Å². The molecule has 0 aliphatic carbocycles. The summed E-state index contributed by atoms with van der Waals surface area (Å²) in [5.41, 5.74) is 0.0738. The van der Waals surface area contributed by atoms with E-state index in [1.165, 1.54) is 29.2 Å². The number of para-hydroxylation sites is 1. The lowest BCUT2D eigenvalue weighted by molar-refractivity contribution is -0.285. The Kier molecular flexibility index (Phi) is 5.68. The number of aromatic nitrogens is 3. The van der Waals surface area contributed by atoms with Crippen LogP contribution in [0.5, 0.6) is 0 Å². The standard InChI is InChI=1S/C28H26F3N5O2/c1-38-27(28(29,30)31,21-8-3-2-4-9-21)33-25(37)35-13-11-26(18-35)12-14-36-24(26)16-23(34-36)20-15-19-7-5-6-10-22(19)32-17-20/h2-10,15-17H,11-14,18H2,1H3,(H,33,37)/t26?,27-/m0/s1. The van der Waals surface area contributed by atoms with Crippen molar-refractivity contribution < 1.29 is 22.7 Å². The summed E-state index contributed by atoms with van der Waals surface area (Å²) in [5.74, 6) is 0. The highest BCUT2D eigenvalue weighted by Crippen LogP contribution is 2.45. The van der Waals surface area contributed by atoms with Crippen molar-refractivity contribution in [2.45, 2.75) is 36.7 Å². The van der Waals surface area contributed by atoms with Crippen LogP contribution in [0.2, 0.25) is 0 Å². The summed E-state index contributed by atoms with van der Waals surface area (Å²) < 4.78 is 49.8. The minimum Gasteiger partial charge on any atom is -0.347 e. The molecular formula is C28H26F3N5O2. The van der Waals surface area contributed by atoms with Crippen molar-refractivity contribution in [3.05, 3.63) is 84.2 Å². The zero-order valence-corrected chi connectivity index (χ0v) is 20.7. The molecule has 2 aromatic heterocycles. The zero-order chi connectivity index (χ0) is 26.5. The lowest BCUT2D eigenvalue weighted by Crippen LogP contribution is -2.60. The Morgan fingerprint density at radius 3 is 2.53 bits per heavy atom. The number of rotatable bonds is 4. The van der Waals surface area contributed by atoms with E-state index in [1.54, 1.807) is 12.3 Å². The van der Waals surface area contributed by atoms with Crippen molar-refractivity contribution in [3.63, 3.8) is 0 Å². The molecule has 1 N–H and O–H groups in total. The van der Waals surface area contributed by atoms with E-state index >= 15 is 0 Å². The number of pyridine rings is 1. The van der Waals surface area contributed by atoms with Crippen LogP contribution in [0.4, 0.5) is 18.0 Å². The topological polar surface area (TPSA) is 72.3 Å². The molecule has 2 aliphatic heterocycles. The van der Waals surface area contributed by atoms with Crippen molar-refractivity contribution in [2.75, 3.05) is 20.2 Å². The summed E-state index contributed by atoms with van der Waals surface area (Å²) in [4.78, 5) is 19.2. The first-order valence-electron chi connectivity index (χ1n) is 12.4. The number of hydrogen-bond donors (Lipinski definition) is 1. The summed E-state index contributed by atoms with van der Waals surface area (Å²) >= 11 is 0. The van der Waals surface area contributed by atoms with E-state index in [9.17, 15) is 18.0 Å². The molecule has 0 bridgehead atoms. The van der Waals surface area contributed by atoms with Crippen LogP contribution in [0.15, 0.2) is 72.9 Å². The van der Waals surface area contributed by atoms with E-state index in [1.807, 2.05) is 41.1 Å². The Balaban J connectivity index is 1.25. The van der Waals surface area contributed by atoms with Gasteiger partial charge in [-0.25, -0.2) is 4.79 Å². The van der Waals surface area contributed by atoms with Crippen molar-refractivity contribution in [3.8, 4) is 11.3 Å². The molecule has 4 aromatic rings. The summed E-state index contributed by atoms with van der Waals surface area (Å²) in [6, 6.07) is 18.3. The molecule has 196 valence electrons. The quantitative estimate of drug-likeness (QED) is 0.374. The van der Waals surface area contributed by atoms with Crippen LogP contribution in [-0.4, -0.2) is 52.1 Å². The number of fused-ring (bicyclic) bond motifs is 3. The van der Waals surface area contributed by atoms with E-state index < -0.39 is 17.9 Å². The Hall–Kier alpha value is -3.92. The number of carbonyl (C=O) groups excluding carboxylic acids is 1. The lowest BCUT2D eigenvalue weighted by Gasteiger charge is -2.36. The van der Waals surface area contributed by atoms with Gasteiger partial charge in [-0.1, -0.05) is 48.5 Å². The highest BCUT2D eigenvalue weighted by molar-refractivity contribution is 5.83. The maximum absolute atomic E-state index is 14.3. The molecule has 0 radical (unpaired) electrons. The first-order chi connectivity index (χ1) is 18.2. The fourth-order valence-electron chi connectivity index (χ4n) is 5.77. The number of halogens is 3. The van der Waals surface area contributed by atoms with Gasteiger partial charge in [-0.15, -0.1) is 0 Å². The van der Waals surface area contributed by atoms with Crippen LogP contribution in [0.25, 0.3) is 22.2 Å². The van der Waals surface area contributed by atoms with Crippen LogP contribution in [-0.2, 0) is 22.4 Å². The van der Waals surface area contributed by atoms with Crippen LogP contribution >= 0.6 is 0 Å². The number of nitrogens with zero attached hydrogens (tertiary/aromatic N) is 4. The highest BCUT2D eigenvalue weighted by atomic mass is 19.4. The number of benzene rings is 2. The highest BCUT2D eigenvalue weighted by Gasteiger charge is 2.59. The molecular weight excluding hydrogens is 495 g/mol. The minimum atomic E-state index is -4.87. The van der Waals surface area contributed by atoms with Crippen molar-refractivity contribution in [1.29, 1.82) is 0 Å². The van der Waals surface area contributed by atoms with Gasteiger partial charge >= 0.3 is 12.2 Å². The Morgan fingerprint density at radius 1 is 1.03 bits per heavy atom. The molecule has 2 atom stereocenters. The second kappa shape index (κ2) is 8.83. The summed E-state index contributed by atoms with van der Waals surface area (Å²) in [6.45, 7) is 1.31. The van der Waals surface area contributed by atoms with E-state index in [4.69, 9.17) is 9.84 Å². The fourth-order valence-corrected chi connectivity index (χ4v) is 5.77. The first-order valence-corrected chi connectivity index (χ1v) is 12.4. The Morgan fingerprint density at radius 2 is 1.76 bits per heavy atom. The Bertz CT molecular complexity index is 1510. The van der Waals surface area contributed by atoms with Gasteiger partial charge in [0.25, 0.3) is 5.72 Å². The van der Waals surface area contributed by atoms with Crippen molar-refractivity contribution in [2.24, 2.45) is 0 Å². The number of alkyl halides is 3. The van der Waals surface area contributed by atoms with Gasteiger partial charge in [0, 0.05) is 60.6 Å². The molecule has 7 nitrogen and oxygen atoms in total. The van der Waals surface area contributed by atoms with Crippen molar-refractivity contribution in [1.82, 2.24) is 25.0 Å². The smallest absolute Gasteiger partial charge is 0.347 e. The van der Waals surface area contributed by atoms with E-state index in [-0.39, 0.29) is 11.0 Å². The average Bonchev–Trinajstić information content (AvgIpc) is 3.63. The summed E-state index contributed by atoms with van der Waals surface area (Å²) in [6.07, 6.45) is -1.67. The van der Waals surface area contributed by atoms with Gasteiger partial charge < -0.3 is 9.64 Å². The molecule has 0 saturated carbocycles. The maximum atomic E-state index is 14.3. The molecule has 1 fully saturated rings. The van der Waals surface area contributed by atoms with Crippen LogP contribution in [0, 0.1) is 0 Å². The molecule has 1 saturated heterocycles. The van der Waals surface area contributed by atoms with Crippen LogP contribution < -0.4 is 5.32 Å². The average molecular weight is 522 g/mol. The Labute approximate surface area is 217 Å². The largest absolute Gasteiger partial charge is 0.441 e. The number of amides is 2. The van der Waals surface area contributed by atoms with Crippen molar-refractivity contribution >= 4 is 16.9 Å². The molecule has 1 unspecified atom stereocenters. The number of methoxy groups -OCH3 is 1. The van der Waals surface area contributed by atoms with Crippen LogP contribution in [0.3, 0.4) is 0 Å². The lowest BCUT2D eigenvalue weighted by atomic mass is 9.82. The van der Waals surface area contributed by atoms with Gasteiger partial charge in [0.05, 0.1) is 11.2 Å². The zero-order valence-electron chi connectivity index (χ0n) is 20.7. The van der Waals surface area contributed by atoms with Gasteiger partial charge in [-0.2, -0.15) is 18.3 Å².